The summed E-state index contributed by atoms with van der Waals surface area (Å²) < 4.78 is 5.17. The molecule has 0 saturated carbocycles. The van der Waals surface area contributed by atoms with Gasteiger partial charge in [0.25, 0.3) is 5.91 Å². The molecule has 0 radical (unpaired) electrons. The highest BCUT2D eigenvalue weighted by atomic mass is 35.5. The standard InChI is InChI=1S/C13H17ClN2O3/c1-8(12(18)19-13(2,3)4)16-11(17)9-5-6-15-10(14)7-9/h5-8H,1-4H3,(H,16,17)/t8-/m1/s1. The zero-order valence-corrected chi connectivity index (χ0v) is 12.1. The Morgan fingerprint density at radius 2 is 2.05 bits per heavy atom. The molecule has 0 fully saturated rings. The molecule has 0 unspecified atom stereocenters. The van der Waals surface area contributed by atoms with E-state index in [2.05, 4.69) is 10.3 Å². The molecular weight excluding hydrogens is 268 g/mol. The number of carbonyl (C=O) groups is 2. The summed E-state index contributed by atoms with van der Waals surface area (Å²) in [5.41, 5.74) is -0.244. The topological polar surface area (TPSA) is 68.3 Å². The third-order valence-corrected chi connectivity index (χ3v) is 2.30. The maximum absolute atomic E-state index is 11.9. The lowest BCUT2D eigenvalue weighted by Gasteiger charge is -2.22. The second-order valence-corrected chi connectivity index (χ2v) is 5.48. The second-order valence-electron chi connectivity index (χ2n) is 5.10. The Kier molecular flexibility index (Phi) is 4.89. The number of carbonyl (C=O) groups excluding carboxylic acids is 2. The van der Waals surface area contributed by atoms with Crippen molar-refractivity contribution in [3.05, 3.63) is 29.0 Å². The number of pyridine rings is 1. The van der Waals surface area contributed by atoms with Crippen molar-refractivity contribution in [3.63, 3.8) is 0 Å². The first-order valence-corrected chi connectivity index (χ1v) is 6.22. The van der Waals surface area contributed by atoms with Crippen LogP contribution in [-0.4, -0.2) is 28.5 Å². The van der Waals surface area contributed by atoms with Crippen molar-refractivity contribution in [1.29, 1.82) is 0 Å². The summed E-state index contributed by atoms with van der Waals surface area (Å²) in [5, 5.41) is 2.77. The quantitative estimate of drug-likeness (QED) is 0.682. The van der Waals surface area contributed by atoms with Gasteiger partial charge in [-0.2, -0.15) is 0 Å². The van der Waals surface area contributed by atoms with Crippen LogP contribution in [0.25, 0.3) is 0 Å². The maximum Gasteiger partial charge on any atom is 0.328 e. The van der Waals surface area contributed by atoms with Gasteiger partial charge in [0.15, 0.2) is 0 Å². The normalized spacial score (nSPS) is 12.7. The number of amides is 1. The summed E-state index contributed by atoms with van der Waals surface area (Å²) in [6, 6.07) is 2.21. The van der Waals surface area contributed by atoms with Gasteiger partial charge in [-0.05, 0) is 39.8 Å². The van der Waals surface area contributed by atoms with E-state index in [-0.39, 0.29) is 5.15 Å². The predicted molar refractivity (Wildman–Crippen MR) is 72.0 cm³/mol. The van der Waals surface area contributed by atoms with Crippen LogP contribution < -0.4 is 5.32 Å². The van der Waals surface area contributed by atoms with E-state index in [1.54, 1.807) is 27.7 Å². The number of nitrogens with zero attached hydrogens (tertiary/aromatic N) is 1. The molecule has 104 valence electrons. The van der Waals surface area contributed by atoms with Gasteiger partial charge in [-0.25, -0.2) is 9.78 Å². The minimum Gasteiger partial charge on any atom is -0.458 e. The fourth-order valence-corrected chi connectivity index (χ4v) is 1.45. The van der Waals surface area contributed by atoms with E-state index in [0.29, 0.717) is 5.56 Å². The van der Waals surface area contributed by atoms with Crippen LogP contribution >= 0.6 is 11.6 Å². The Labute approximate surface area is 117 Å². The van der Waals surface area contributed by atoms with Gasteiger partial charge >= 0.3 is 5.97 Å². The number of hydrogen-bond donors (Lipinski definition) is 1. The van der Waals surface area contributed by atoms with E-state index < -0.39 is 23.5 Å². The lowest BCUT2D eigenvalue weighted by molar-refractivity contribution is -0.156. The van der Waals surface area contributed by atoms with Gasteiger partial charge in [0, 0.05) is 11.8 Å². The Bertz CT molecular complexity index is 483. The lowest BCUT2D eigenvalue weighted by Crippen LogP contribution is -2.42. The molecule has 1 amide bonds. The lowest BCUT2D eigenvalue weighted by atomic mass is 10.2. The summed E-state index contributed by atoms with van der Waals surface area (Å²) >= 11 is 5.69. The summed E-state index contributed by atoms with van der Waals surface area (Å²) in [6.07, 6.45) is 1.43. The van der Waals surface area contributed by atoms with Crippen molar-refractivity contribution in [2.24, 2.45) is 0 Å². The van der Waals surface area contributed by atoms with Crippen LogP contribution in [-0.2, 0) is 9.53 Å². The van der Waals surface area contributed by atoms with Crippen molar-refractivity contribution in [2.45, 2.75) is 39.3 Å². The molecule has 0 aliphatic rings. The molecule has 0 spiro atoms. The molecule has 0 bridgehead atoms. The molecule has 6 heteroatoms. The number of ether oxygens (including phenoxy) is 1. The van der Waals surface area contributed by atoms with Crippen LogP contribution in [0.1, 0.15) is 38.1 Å². The smallest absolute Gasteiger partial charge is 0.328 e. The number of rotatable bonds is 3. The van der Waals surface area contributed by atoms with Crippen molar-refractivity contribution in [3.8, 4) is 0 Å². The van der Waals surface area contributed by atoms with E-state index in [0.717, 1.165) is 0 Å². The van der Waals surface area contributed by atoms with Crippen LogP contribution in [0.5, 0.6) is 0 Å². The molecule has 1 aromatic rings. The molecular formula is C13H17ClN2O3. The third kappa shape index (κ3) is 5.26. The first kappa shape index (κ1) is 15.4. The van der Waals surface area contributed by atoms with Gasteiger partial charge in [0.2, 0.25) is 0 Å². The Balaban J connectivity index is 2.64. The van der Waals surface area contributed by atoms with Gasteiger partial charge < -0.3 is 10.1 Å². The minimum absolute atomic E-state index is 0.220. The van der Waals surface area contributed by atoms with Crippen molar-refractivity contribution >= 4 is 23.5 Å². The van der Waals surface area contributed by atoms with Crippen molar-refractivity contribution in [1.82, 2.24) is 10.3 Å². The molecule has 0 saturated heterocycles. The fraction of sp³-hybridized carbons (Fsp3) is 0.462. The van der Waals surface area contributed by atoms with E-state index in [4.69, 9.17) is 16.3 Å². The Morgan fingerprint density at radius 3 is 2.58 bits per heavy atom. The molecule has 5 nitrogen and oxygen atoms in total. The fourth-order valence-electron chi connectivity index (χ4n) is 1.27. The molecule has 0 aliphatic carbocycles. The van der Waals surface area contributed by atoms with Gasteiger partial charge in [-0.3, -0.25) is 4.79 Å². The van der Waals surface area contributed by atoms with Crippen LogP contribution in [0.4, 0.5) is 0 Å². The maximum atomic E-state index is 11.9. The SMILES string of the molecule is C[C@@H](NC(=O)c1ccnc(Cl)c1)C(=O)OC(C)(C)C. The zero-order valence-electron chi connectivity index (χ0n) is 11.4. The first-order valence-electron chi connectivity index (χ1n) is 5.84. The largest absolute Gasteiger partial charge is 0.458 e. The number of hydrogen-bond acceptors (Lipinski definition) is 4. The Hall–Kier alpha value is -1.62. The summed E-state index contributed by atoms with van der Waals surface area (Å²) in [7, 11) is 0. The highest BCUT2D eigenvalue weighted by Gasteiger charge is 2.23. The first-order chi connectivity index (χ1) is 8.69. The monoisotopic (exact) mass is 284 g/mol. The summed E-state index contributed by atoms with van der Waals surface area (Å²) in [4.78, 5) is 27.4. The number of aromatic nitrogens is 1. The van der Waals surface area contributed by atoms with Gasteiger partial charge in [0.05, 0.1) is 0 Å². The minimum atomic E-state index is -0.737. The predicted octanol–water partition coefficient (Wildman–Crippen LogP) is 2.20. The van der Waals surface area contributed by atoms with Crippen LogP contribution in [0.3, 0.4) is 0 Å². The summed E-state index contributed by atoms with van der Waals surface area (Å²) in [6.45, 7) is 6.86. The Morgan fingerprint density at radius 1 is 1.42 bits per heavy atom. The molecule has 0 aliphatic heterocycles. The van der Waals surface area contributed by atoms with Crippen LogP contribution in [0.2, 0.25) is 5.15 Å². The molecule has 1 N–H and O–H groups in total. The van der Waals surface area contributed by atoms with Crippen molar-refractivity contribution in [2.75, 3.05) is 0 Å². The van der Waals surface area contributed by atoms with E-state index in [9.17, 15) is 9.59 Å². The van der Waals surface area contributed by atoms with Crippen LogP contribution in [0, 0.1) is 0 Å². The average molecular weight is 285 g/mol. The molecule has 1 aromatic heterocycles. The summed E-state index contributed by atoms with van der Waals surface area (Å²) in [5.74, 6) is -0.885. The number of nitrogens with one attached hydrogen (secondary N) is 1. The number of esters is 1. The van der Waals surface area contributed by atoms with Crippen molar-refractivity contribution < 1.29 is 14.3 Å². The average Bonchev–Trinajstić information content (AvgIpc) is 2.26. The number of halogens is 1. The molecule has 19 heavy (non-hydrogen) atoms. The van der Waals surface area contributed by atoms with E-state index in [1.807, 2.05) is 0 Å². The molecule has 0 aromatic carbocycles. The zero-order chi connectivity index (χ0) is 14.6. The third-order valence-electron chi connectivity index (χ3n) is 2.10. The highest BCUT2D eigenvalue weighted by Crippen LogP contribution is 2.10. The molecule has 1 heterocycles. The highest BCUT2D eigenvalue weighted by molar-refractivity contribution is 6.29. The van der Waals surface area contributed by atoms with Gasteiger partial charge in [-0.1, -0.05) is 11.6 Å². The molecule has 1 atom stereocenters. The van der Waals surface area contributed by atoms with Gasteiger partial charge in [-0.15, -0.1) is 0 Å². The van der Waals surface area contributed by atoms with Gasteiger partial charge in [0.1, 0.15) is 16.8 Å². The second kappa shape index (κ2) is 6.02. The molecule has 1 rings (SSSR count). The van der Waals surface area contributed by atoms with E-state index >= 15 is 0 Å². The van der Waals surface area contributed by atoms with E-state index in [1.165, 1.54) is 18.3 Å². The van der Waals surface area contributed by atoms with Crippen LogP contribution in [0.15, 0.2) is 18.3 Å².